The molecular weight excluding hydrogens is 350 g/mol. The number of nitrogens with zero attached hydrogens (tertiary/aromatic N) is 3. The molecule has 26 heavy (non-hydrogen) atoms. The maximum atomic E-state index is 12.9. The molecule has 1 aliphatic heterocycles. The molecule has 1 aliphatic rings. The molecule has 1 aromatic carbocycles. The zero-order chi connectivity index (χ0) is 19.1. The van der Waals surface area contributed by atoms with Crippen molar-refractivity contribution in [3.8, 4) is 0 Å². The molecule has 2 heterocycles. The Hall–Kier alpha value is -2.28. The van der Waals surface area contributed by atoms with Crippen LogP contribution in [0.1, 0.15) is 48.9 Å². The van der Waals surface area contributed by atoms with Crippen LogP contribution in [0.2, 0.25) is 0 Å². The summed E-state index contributed by atoms with van der Waals surface area (Å²) in [6.07, 6.45) is 5.85. The first-order valence-electron chi connectivity index (χ1n) is 8.55. The van der Waals surface area contributed by atoms with Crippen LogP contribution in [-0.2, 0) is 21.7 Å². The Kier molecular flexibility index (Phi) is 4.60. The van der Waals surface area contributed by atoms with Gasteiger partial charge in [-0.15, -0.1) is 0 Å². The highest BCUT2D eigenvalue weighted by Gasteiger charge is 2.26. The number of hydrogen-bond donors (Lipinski definition) is 0. The second-order valence-corrected chi connectivity index (χ2v) is 9.68. The van der Waals surface area contributed by atoms with Crippen molar-refractivity contribution in [1.82, 2.24) is 9.97 Å². The van der Waals surface area contributed by atoms with E-state index >= 15 is 0 Å². The van der Waals surface area contributed by atoms with Crippen molar-refractivity contribution in [2.24, 2.45) is 0 Å². The molecule has 2 aromatic rings. The Bertz CT molecular complexity index is 945. The molecule has 7 heteroatoms. The monoisotopic (exact) mass is 373 g/mol. The predicted octanol–water partition coefficient (Wildman–Crippen LogP) is 2.77. The zero-order valence-corrected chi connectivity index (χ0v) is 16.3. The Morgan fingerprint density at radius 3 is 2.38 bits per heavy atom. The van der Waals surface area contributed by atoms with Gasteiger partial charge in [0.05, 0.1) is 10.5 Å². The lowest BCUT2D eigenvalue weighted by atomic mass is 9.96. The van der Waals surface area contributed by atoms with E-state index in [4.69, 9.17) is 0 Å². The van der Waals surface area contributed by atoms with Crippen LogP contribution >= 0.6 is 0 Å². The first-order chi connectivity index (χ1) is 12.1. The van der Waals surface area contributed by atoms with Gasteiger partial charge in [0.15, 0.2) is 9.84 Å². The number of aromatic nitrogens is 2. The summed E-state index contributed by atoms with van der Waals surface area (Å²) in [6, 6.07) is 4.94. The lowest BCUT2D eigenvalue weighted by Crippen LogP contribution is -2.35. The summed E-state index contributed by atoms with van der Waals surface area (Å²) in [4.78, 5) is 23.6. The molecule has 3 rings (SSSR count). The summed E-state index contributed by atoms with van der Waals surface area (Å²) in [7, 11) is -3.27. The van der Waals surface area contributed by atoms with Gasteiger partial charge in [0, 0.05) is 36.3 Å². The van der Waals surface area contributed by atoms with Gasteiger partial charge in [0.25, 0.3) is 5.91 Å². The molecule has 0 N–H and O–H groups in total. The Labute approximate surface area is 154 Å². The Morgan fingerprint density at radius 1 is 1.15 bits per heavy atom. The van der Waals surface area contributed by atoms with Crippen LogP contribution in [0, 0.1) is 0 Å². The summed E-state index contributed by atoms with van der Waals surface area (Å²) in [5.41, 5.74) is 1.88. The molecule has 6 nitrogen and oxygen atoms in total. The fourth-order valence-corrected chi connectivity index (χ4v) is 3.67. The average molecular weight is 373 g/mol. The minimum atomic E-state index is -3.27. The maximum absolute atomic E-state index is 12.9. The summed E-state index contributed by atoms with van der Waals surface area (Å²) in [5, 5.41) is 0. The lowest BCUT2D eigenvalue weighted by Gasteiger charge is -2.30. The van der Waals surface area contributed by atoms with E-state index in [0.29, 0.717) is 17.9 Å². The molecule has 0 spiro atoms. The number of rotatable bonds is 2. The number of carbonyl (C=O) groups excluding carboxylic acids is 1. The fraction of sp³-hybridized carbons (Fsp3) is 0.421. The van der Waals surface area contributed by atoms with Crippen LogP contribution in [0.3, 0.4) is 0 Å². The average Bonchev–Trinajstić information content (AvgIpc) is 2.58. The topological polar surface area (TPSA) is 80.2 Å². The molecule has 0 aliphatic carbocycles. The summed E-state index contributed by atoms with van der Waals surface area (Å²) < 4.78 is 23.5. The minimum absolute atomic E-state index is 0.168. The van der Waals surface area contributed by atoms with Gasteiger partial charge in [0.1, 0.15) is 5.82 Å². The molecule has 0 saturated carbocycles. The second kappa shape index (κ2) is 6.46. The highest BCUT2D eigenvalue weighted by molar-refractivity contribution is 7.90. The predicted molar refractivity (Wildman–Crippen MR) is 100 cm³/mol. The third-order valence-corrected chi connectivity index (χ3v) is 5.52. The first-order valence-corrected chi connectivity index (χ1v) is 10.4. The first kappa shape index (κ1) is 18.5. The SMILES string of the molecule is CC(C)(C)c1ncc(C(=O)N2CCCc3cc(S(C)(=O)=O)ccc32)cn1. The molecule has 0 atom stereocenters. The van der Waals surface area contributed by atoms with Crippen LogP contribution in [0.25, 0.3) is 0 Å². The Morgan fingerprint density at radius 2 is 1.81 bits per heavy atom. The molecule has 1 amide bonds. The van der Waals surface area contributed by atoms with E-state index in [-0.39, 0.29) is 16.2 Å². The van der Waals surface area contributed by atoms with Crippen molar-refractivity contribution in [3.63, 3.8) is 0 Å². The number of amides is 1. The number of anilines is 1. The van der Waals surface area contributed by atoms with Gasteiger partial charge in [-0.1, -0.05) is 20.8 Å². The third-order valence-electron chi connectivity index (χ3n) is 4.41. The normalized spacial score (nSPS) is 14.8. The van der Waals surface area contributed by atoms with Crippen molar-refractivity contribution in [2.45, 2.75) is 43.9 Å². The van der Waals surface area contributed by atoms with Crippen LogP contribution < -0.4 is 4.90 Å². The summed E-state index contributed by atoms with van der Waals surface area (Å²) in [6.45, 7) is 6.64. The number of sulfone groups is 1. The van der Waals surface area contributed by atoms with Crippen LogP contribution in [0.15, 0.2) is 35.5 Å². The standard InChI is InChI=1S/C19H23N3O3S/c1-19(2,3)18-20-11-14(12-21-18)17(23)22-9-5-6-13-10-15(26(4,24)25)7-8-16(13)22/h7-8,10-12H,5-6,9H2,1-4H3. The van der Waals surface area contributed by atoms with E-state index in [1.54, 1.807) is 35.5 Å². The van der Waals surface area contributed by atoms with Crippen molar-refractivity contribution in [2.75, 3.05) is 17.7 Å². The van der Waals surface area contributed by atoms with E-state index < -0.39 is 9.84 Å². The van der Waals surface area contributed by atoms with Gasteiger partial charge in [0.2, 0.25) is 0 Å². The van der Waals surface area contributed by atoms with E-state index in [9.17, 15) is 13.2 Å². The van der Waals surface area contributed by atoms with Crippen molar-refractivity contribution in [1.29, 1.82) is 0 Å². The van der Waals surface area contributed by atoms with E-state index in [1.807, 2.05) is 20.8 Å². The minimum Gasteiger partial charge on any atom is -0.308 e. The van der Waals surface area contributed by atoms with Gasteiger partial charge in [-0.3, -0.25) is 4.79 Å². The van der Waals surface area contributed by atoms with Crippen LogP contribution in [-0.4, -0.2) is 37.1 Å². The van der Waals surface area contributed by atoms with Crippen molar-refractivity contribution >= 4 is 21.4 Å². The third kappa shape index (κ3) is 3.62. The van der Waals surface area contributed by atoms with Gasteiger partial charge < -0.3 is 4.90 Å². The molecular formula is C19H23N3O3S. The zero-order valence-electron chi connectivity index (χ0n) is 15.5. The molecule has 1 aromatic heterocycles. The Balaban J connectivity index is 1.93. The maximum Gasteiger partial charge on any atom is 0.261 e. The summed E-state index contributed by atoms with van der Waals surface area (Å²) >= 11 is 0. The van der Waals surface area contributed by atoms with Crippen molar-refractivity contribution < 1.29 is 13.2 Å². The fourth-order valence-electron chi connectivity index (χ4n) is 3.00. The number of aryl methyl sites for hydroxylation is 1. The quantitative estimate of drug-likeness (QED) is 0.809. The number of hydrogen-bond acceptors (Lipinski definition) is 5. The summed E-state index contributed by atoms with van der Waals surface area (Å²) in [5.74, 6) is 0.518. The van der Waals surface area contributed by atoms with Gasteiger partial charge in [-0.2, -0.15) is 0 Å². The molecule has 0 unspecified atom stereocenters. The smallest absolute Gasteiger partial charge is 0.261 e. The van der Waals surface area contributed by atoms with E-state index in [0.717, 1.165) is 24.1 Å². The van der Waals surface area contributed by atoms with Gasteiger partial charge >= 0.3 is 0 Å². The molecule has 0 saturated heterocycles. The van der Waals surface area contributed by atoms with Crippen molar-refractivity contribution in [3.05, 3.63) is 47.5 Å². The van der Waals surface area contributed by atoms with Gasteiger partial charge in [-0.05, 0) is 36.6 Å². The number of benzene rings is 1. The van der Waals surface area contributed by atoms with Gasteiger partial charge in [-0.25, -0.2) is 18.4 Å². The van der Waals surface area contributed by atoms with Crippen LogP contribution in [0.4, 0.5) is 5.69 Å². The van der Waals surface area contributed by atoms with E-state index in [2.05, 4.69) is 9.97 Å². The highest BCUT2D eigenvalue weighted by atomic mass is 32.2. The number of fused-ring (bicyclic) bond motifs is 1. The number of carbonyl (C=O) groups is 1. The highest BCUT2D eigenvalue weighted by Crippen LogP contribution is 2.30. The molecule has 0 fully saturated rings. The second-order valence-electron chi connectivity index (χ2n) is 7.67. The van der Waals surface area contributed by atoms with E-state index in [1.165, 1.54) is 6.26 Å². The molecule has 0 radical (unpaired) electrons. The lowest BCUT2D eigenvalue weighted by molar-refractivity contribution is 0.0984. The molecule has 0 bridgehead atoms. The van der Waals surface area contributed by atoms with Crippen LogP contribution in [0.5, 0.6) is 0 Å². The molecule has 138 valence electrons. The largest absolute Gasteiger partial charge is 0.308 e.